The molecule has 18 heavy (non-hydrogen) atoms. The summed E-state index contributed by atoms with van der Waals surface area (Å²) in [6.45, 7) is 2.62. The lowest BCUT2D eigenvalue weighted by atomic mass is 10.3. The third kappa shape index (κ3) is 4.87. The van der Waals surface area contributed by atoms with Gasteiger partial charge in [0.25, 0.3) is 0 Å². The fourth-order valence-electron chi connectivity index (χ4n) is 1.89. The number of amides is 1. The van der Waals surface area contributed by atoms with Gasteiger partial charge in [-0.05, 0) is 32.5 Å². The summed E-state index contributed by atoms with van der Waals surface area (Å²) < 4.78 is 34.1. The molecule has 1 unspecified atom stereocenters. The molecule has 1 saturated heterocycles. The molecule has 1 heterocycles. The summed E-state index contributed by atoms with van der Waals surface area (Å²) in [6.07, 6.45) is 1.37. The Kier molecular flexibility index (Phi) is 5.97. The molecule has 1 aliphatic rings. The second-order valence-electron chi connectivity index (χ2n) is 4.39. The highest BCUT2D eigenvalue weighted by molar-refractivity contribution is 7.87. The van der Waals surface area contributed by atoms with Crippen molar-refractivity contribution in [1.29, 1.82) is 0 Å². The summed E-state index contributed by atoms with van der Waals surface area (Å²) in [5, 5.41) is 1.97. The van der Waals surface area contributed by atoms with Crippen LogP contribution in [0.5, 0.6) is 0 Å². The number of halogens is 1. The molecule has 8 heteroatoms. The number of hydrogen-bond acceptors (Lipinski definition) is 5. The van der Waals surface area contributed by atoms with Crippen molar-refractivity contribution in [3.05, 3.63) is 0 Å². The second-order valence-corrected chi connectivity index (χ2v) is 6.01. The van der Waals surface area contributed by atoms with E-state index in [1.165, 1.54) is 4.90 Å². The van der Waals surface area contributed by atoms with E-state index in [9.17, 15) is 17.1 Å². The number of nitrogens with zero attached hydrogens (tertiary/aromatic N) is 1. The zero-order valence-electron chi connectivity index (χ0n) is 10.3. The van der Waals surface area contributed by atoms with Crippen LogP contribution in [0.2, 0.25) is 0 Å². The monoisotopic (exact) mass is 281 g/mol. The first-order chi connectivity index (χ1) is 8.45. The number of likely N-dealkylation sites (tertiary alicyclic amines) is 1. The highest BCUT2D eigenvalue weighted by Crippen LogP contribution is 2.19. The summed E-state index contributed by atoms with van der Waals surface area (Å²) in [4.78, 5) is 12.9. The van der Waals surface area contributed by atoms with Crippen molar-refractivity contribution >= 4 is 16.1 Å². The van der Waals surface area contributed by atoms with E-state index in [2.05, 4.69) is 5.32 Å². The molecule has 0 aromatic rings. The lowest BCUT2D eigenvalue weighted by molar-refractivity contribution is -0.127. The van der Waals surface area contributed by atoms with E-state index in [4.69, 9.17) is 5.73 Å². The summed E-state index contributed by atoms with van der Waals surface area (Å²) in [7, 11) is -4.60. The molecule has 0 saturated carbocycles. The Labute approximate surface area is 107 Å². The number of nitrogens with one attached hydrogen (secondary N) is 1. The molecule has 0 aliphatic carbocycles. The van der Waals surface area contributed by atoms with Gasteiger partial charge in [-0.1, -0.05) is 0 Å². The Bertz CT molecular complexity index is 375. The molecule has 1 amide bonds. The average Bonchev–Trinajstić information content (AvgIpc) is 2.65. The van der Waals surface area contributed by atoms with Crippen LogP contribution in [0.1, 0.15) is 19.3 Å². The third-order valence-electron chi connectivity index (χ3n) is 2.92. The summed E-state index contributed by atoms with van der Waals surface area (Å²) >= 11 is 0. The van der Waals surface area contributed by atoms with Crippen molar-refractivity contribution < 1.29 is 17.1 Å². The van der Waals surface area contributed by atoms with Crippen molar-refractivity contribution in [2.45, 2.75) is 24.5 Å². The van der Waals surface area contributed by atoms with Crippen molar-refractivity contribution in [2.75, 3.05) is 32.7 Å². The molecule has 0 radical (unpaired) electrons. The van der Waals surface area contributed by atoms with E-state index in [0.717, 1.165) is 25.9 Å². The van der Waals surface area contributed by atoms with E-state index in [1.807, 2.05) is 0 Å². The number of nitrogens with two attached hydrogens (primary N) is 1. The predicted molar refractivity (Wildman–Crippen MR) is 66.2 cm³/mol. The lowest BCUT2D eigenvalue weighted by Gasteiger charge is -2.15. The molecule has 0 spiro atoms. The van der Waals surface area contributed by atoms with Crippen molar-refractivity contribution in [1.82, 2.24) is 10.2 Å². The minimum Gasteiger partial charge on any atom is -0.341 e. The lowest BCUT2D eigenvalue weighted by Crippen LogP contribution is -2.30. The molecule has 1 fully saturated rings. The summed E-state index contributed by atoms with van der Waals surface area (Å²) in [5.74, 6) is -0.289. The van der Waals surface area contributed by atoms with Crippen molar-refractivity contribution in [2.24, 2.45) is 5.73 Å². The first-order valence-electron chi connectivity index (χ1n) is 6.07. The topological polar surface area (TPSA) is 92.5 Å². The van der Waals surface area contributed by atoms with E-state index >= 15 is 0 Å². The zero-order chi connectivity index (χ0) is 13.6. The summed E-state index contributed by atoms with van der Waals surface area (Å²) in [5.41, 5.74) is 5.33. The van der Waals surface area contributed by atoms with Gasteiger partial charge >= 0.3 is 10.2 Å². The van der Waals surface area contributed by atoms with Crippen LogP contribution in [0.15, 0.2) is 0 Å². The second kappa shape index (κ2) is 7.01. The molecule has 106 valence electrons. The molecule has 1 rings (SSSR count). The molecule has 6 nitrogen and oxygen atoms in total. The zero-order valence-corrected chi connectivity index (χ0v) is 11.1. The number of carbonyl (C=O) groups excluding carboxylic acids is 1. The molecule has 3 N–H and O–H groups in total. The molecular weight excluding hydrogens is 261 g/mol. The number of carbonyl (C=O) groups is 1. The van der Waals surface area contributed by atoms with E-state index in [-0.39, 0.29) is 18.9 Å². The van der Waals surface area contributed by atoms with Crippen molar-refractivity contribution in [3.8, 4) is 0 Å². The van der Waals surface area contributed by atoms with Gasteiger partial charge in [0, 0.05) is 19.5 Å². The SMILES string of the molecule is NCCCNCCCN1CC(S(=O)(=O)F)CC1=O. The molecule has 0 aromatic carbocycles. The van der Waals surface area contributed by atoms with Gasteiger partial charge in [-0.25, -0.2) is 0 Å². The molecule has 1 atom stereocenters. The predicted octanol–water partition coefficient (Wildman–Crippen LogP) is -0.785. The van der Waals surface area contributed by atoms with Crippen molar-refractivity contribution in [3.63, 3.8) is 0 Å². The van der Waals surface area contributed by atoms with Gasteiger partial charge in [0.15, 0.2) is 0 Å². The maximum Gasteiger partial charge on any atom is 0.307 e. The first-order valence-corrected chi connectivity index (χ1v) is 7.52. The number of hydrogen-bond donors (Lipinski definition) is 2. The molecule has 0 bridgehead atoms. The van der Waals surface area contributed by atoms with Gasteiger partial charge in [0.2, 0.25) is 5.91 Å². The maximum atomic E-state index is 12.7. The average molecular weight is 281 g/mol. The normalized spacial score (nSPS) is 20.7. The van der Waals surface area contributed by atoms with E-state index in [0.29, 0.717) is 13.1 Å². The molecule has 1 aliphatic heterocycles. The fourth-order valence-corrected chi connectivity index (χ4v) is 2.59. The first kappa shape index (κ1) is 15.3. The van der Waals surface area contributed by atoms with Crippen LogP contribution in [0.4, 0.5) is 3.89 Å². The minimum atomic E-state index is -4.60. The Morgan fingerprint density at radius 1 is 1.39 bits per heavy atom. The van der Waals surface area contributed by atoms with Crippen LogP contribution < -0.4 is 11.1 Å². The Morgan fingerprint density at radius 3 is 2.61 bits per heavy atom. The standard InChI is InChI=1S/C10H20FN3O3S/c11-18(16,17)9-7-10(15)14(8-9)6-2-5-13-4-1-3-12/h9,13H,1-8,12H2. The largest absolute Gasteiger partial charge is 0.341 e. The van der Waals surface area contributed by atoms with Crippen LogP contribution in [-0.2, 0) is 15.0 Å². The van der Waals surface area contributed by atoms with Gasteiger partial charge in [0.05, 0.1) is 0 Å². The van der Waals surface area contributed by atoms with E-state index in [1.54, 1.807) is 0 Å². The highest BCUT2D eigenvalue weighted by atomic mass is 32.3. The van der Waals surface area contributed by atoms with Gasteiger partial charge in [-0.2, -0.15) is 8.42 Å². The smallest absolute Gasteiger partial charge is 0.307 e. The highest BCUT2D eigenvalue weighted by Gasteiger charge is 2.37. The Morgan fingerprint density at radius 2 is 2.06 bits per heavy atom. The Balaban J connectivity index is 2.22. The summed E-state index contributed by atoms with van der Waals surface area (Å²) in [6, 6.07) is 0. The van der Waals surface area contributed by atoms with Crippen LogP contribution >= 0.6 is 0 Å². The molecule has 0 aromatic heterocycles. The van der Waals surface area contributed by atoms with Gasteiger partial charge in [-0.3, -0.25) is 4.79 Å². The van der Waals surface area contributed by atoms with Crippen LogP contribution in [0.25, 0.3) is 0 Å². The van der Waals surface area contributed by atoms with E-state index < -0.39 is 15.5 Å². The maximum absolute atomic E-state index is 12.7. The quantitative estimate of drug-likeness (QED) is 0.449. The number of rotatable bonds is 8. The van der Waals surface area contributed by atoms with Crippen LogP contribution in [0, 0.1) is 0 Å². The third-order valence-corrected chi connectivity index (χ3v) is 4.03. The van der Waals surface area contributed by atoms with Crippen LogP contribution in [0.3, 0.4) is 0 Å². The van der Waals surface area contributed by atoms with Gasteiger partial charge in [-0.15, -0.1) is 3.89 Å². The van der Waals surface area contributed by atoms with Crippen LogP contribution in [-0.4, -0.2) is 57.2 Å². The minimum absolute atomic E-state index is 0.0273. The Hall–Kier alpha value is -0.730. The van der Waals surface area contributed by atoms with Gasteiger partial charge in [0.1, 0.15) is 5.25 Å². The fraction of sp³-hybridized carbons (Fsp3) is 0.900. The molecular formula is C10H20FN3O3S. The van der Waals surface area contributed by atoms with Gasteiger partial charge < -0.3 is 16.0 Å².